The van der Waals surface area contributed by atoms with Gasteiger partial charge in [-0.3, -0.25) is 4.79 Å². The van der Waals surface area contributed by atoms with E-state index in [0.29, 0.717) is 24.9 Å². The third kappa shape index (κ3) is 4.29. The number of alkyl halides is 3. The quantitative estimate of drug-likeness (QED) is 0.690. The van der Waals surface area contributed by atoms with Gasteiger partial charge in [-0.2, -0.15) is 8.42 Å². The van der Waals surface area contributed by atoms with Crippen LogP contribution < -0.4 is 4.74 Å². The molecule has 7 nitrogen and oxygen atoms in total. The first-order valence-corrected chi connectivity index (χ1v) is 11.3. The van der Waals surface area contributed by atoms with Gasteiger partial charge in [-0.25, -0.2) is 0 Å². The van der Waals surface area contributed by atoms with Gasteiger partial charge in [0.05, 0.1) is 0 Å². The van der Waals surface area contributed by atoms with Gasteiger partial charge in [-0.05, 0) is 31.0 Å². The third-order valence-electron chi connectivity index (χ3n) is 5.40. The highest BCUT2D eigenvalue weighted by molar-refractivity contribution is 7.90. The lowest BCUT2D eigenvalue weighted by atomic mass is 10.1. The fourth-order valence-electron chi connectivity index (χ4n) is 4.02. The number of halogens is 3. The van der Waals surface area contributed by atoms with Gasteiger partial charge in [0.2, 0.25) is 5.91 Å². The number of rotatable bonds is 4. The number of carbonyl (C=O) groups is 1. The molecule has 0 spiro atoms. The lowest BCUT2D eigenvalue weighted by Gasteiger charge is -2.29. The van der Waals surface area contributed by atoms with E-state index < -0.39 is 22.4 Å². The highest BCUT2D eigenvalue weighted by atomic mass is 32.2. The van der Waals surface area contributed by atoms with Crippen LogP contribution in [0.3, 0.4) is 0 Å². The number of ether oxygens (including phenoxy) is 1. The smallest absolute Gasteiger partial charge is 0.405 e. The summed E-state index contributed by atoms with van der Waals surface area (Å²) in [4.78, 5) is 16.3. The van der Waals surface area contributed by atoms with E-state index in [0.717, 1.165) is 0 Å². The Balaban J connectivity index is 1.56. The molecule has 2 heterocycles. The van der Waals surface area contributed by atoms with Crippen molar-refractivity contribution in [3.63, 3.8) is 0 Å². The number of para-hydroxylation sites is 1. The van der Waals surface area contributed by atoms with Crippen molar-refractivity contribution in [3.8, 4) is 5.75 Å². The number of hydrogen-bond donors (Lipinski definition) is 0. The molecule has 0 radical (unpaired) electrons. The van der Waals surface area contributed by atoms with Crippen molar-refractivity contribution in [1.29, 1.82) is 0 Å². The lowest BCUT2D eigenvalue weighted by Crippen LogP contribution is -2.46. The Morgan fingerprint density at radius 2 is 1.88 bits per heavy atom. The van der Waals surface area contributed by atoms with Crippen molar-refractivity contribution in [2.75, 3.05) is 13.6 Å². The number of sulfonamides is 1. The highest BCUT2D eigenvalue weighted by Crippen LogP contribution is 2.32. The predicted molar refractivity (Wildman–Crippen MR) is 109 cm³/mol. The number of hydrogen-bond acceptors (Lipinski definition) is 5. The molecule has 2 aromatic rings. The SMILES string of the molecule is CN(Cc1ccccc1OC(F)(F)F)C(=O)[C@@H]1CCCN1C1=NS(=O)(=O)c2ccccc21. The van der Waals surface area contributed by atoms with Gasteiger partial charge in [-0.1, -0.05) is 30.3 Å². The van der Waals surface area contributed by atoms with E-state index in [1.807, 2.05) is 0 Å². The minimum Gasteiger partial charge on any atom is -0.405 e. The topological polar surface area (TPSA) is 79.3 Å². The molecule has 2 aromatic carbocycles. The number of benzene rings is 2. The van der Waals surface area contributed by atoms with Gasteiger partial charge in [0.1, 0.15) is 16.7 Å². The maximum Gasteiger partial charge on any atom is 0.573 e. The molecule has 0 saturated carbocycles. The fraction of sp³-hybridized carbons (Fsp3) is 0.333. The molecule has 2 aliphatic heterocycles. The van der Waals surface area contributed by atoms with Crippen LogP contribution in [0.15, 0.2) is 57.8 Å². The summed E-state index contributed by atoms with van der Waals surface area (Å²) in [6.07, 6.45) is -3.72. The highest BCUT2D eigenvalue weighted by Gasteiger charge is 2.40. The molecule has 1 atom stereocenters. The first-order chi connectivity index (χ1) is 15.1. The minimum absolute atomic E-state index is 0.0969. The Labute approximate surface area is 183 Å². The largest absolute Gasteiger partial charge is 0.573 e. The Kier molecular flexibility index (Phi) is 5.61. The molecule has 0 bridgehead atoms. The van der Waals surface area contributed by atoms with E-state index in [1.165, 1.54) is 36.2 Å². The summed E-state index contributed by atoms with van der Waals surface area (Å²) in [5.74, 6) is -0.484. The van der Waals surface area contributed by atoms with Crippen LogP contribution in [0.25, 0.3) is 0 Å². The summed E-state index contributed by atoms with van der Waals surface area (Å²) in [6.45, 7) is 0.345. The van der Waals surface area contributed by atoms with Crippen LogP contribution in [-0.4, -0.2) is 56.0 Å². The molecular formula is C21H20F3N3O4S. The Bertz CT molecular complexity index is 1180. The van der Waals surface area contributed by atoms with Gasteiger partial charge in [0, 0.05) is 31.3 Å². The lowest BCUT2D eigenvalue weighted by molar-refractivity contribution is -0.275. The number of likely N-dealkylation sites (tertiary alicyclic amines) is 1. The van der Waals surface area contributed by atoms with Gasteiger partial charge < -0.3 is 14.5 Å². The molecule has 32 heavy (non-hydrogen) atoms. The predicted octanol–water partition coefficient (Wildman–Crippen LogP) is 3.16. The molecular weight excluding hydrogens is 447 g/mol. The molecule has 0 unspecified atom stereocenters. The molecule has 4 rings (SSSR count). The van der Waals surface area contributed by atoms with Crippen molar-refractivity contribution < 1.29 is 31.1 Å². The summed E-state index contributed by atoms with van der Waals surface area (Å²) < 4.78 is 70.9. The first kappa shape index (κ1) is 22.1. The second-order valence-electron chi connectivity index (χ2n) is 7.59. The minimum atomic E-state index is -4.85. The Morgan fingerprint density at radius 1 is 1.19 bits per heavy atom. The van der Waals surface area contributed by atoms with E-state index in [9.17, 15) is 26.4 Å². The number of amides is 1. The maximum absolute atomic E-state index is 13.2. The van der Waals surface area contributed by atoms with Gasteiger partial charge in [0.15, 0.2) is 5.84 Å². The molecule has 1 saturated heterocycles. The van der Waals surface area contributed by atoms with Crippen molar-refractivity contribution in [2.45, 2.75) is 36.7 Å². The molecule has 2 aliphatic rings. The van der Waals surface area contributed by atoms with E-state index >= 15 is 0 Å². The van der Waals surface area contributed by atoms with Crippen LogP contribution in [0, 0.1) is 0 Å². The molecule has 1 fully saturated rings. The standard InChI is InChI=1S/C21H20F3N3O4S/c1-26(13-14-7-2-4-10-17(14)31-21(22,23)24)20(28)16-9-6-12-27(16)19-15-8-3-5-11-18(15)32(29,30)25-19/h2-5,7-8,10-11,16H,6,9,12-13H2,1H3/t16-/m0/s1. The van der Waals surface area contributed by atoms with Gasteiger partial charge >= 0.3 is 6.36 Å². The first-order valence-electron chi connectivity index (χ1n) is 9.86. The number of nitrogens with zero attached hydrogens (tertiary/aromatic N) is 3. The zero-order valence-corrected chi connectivity index (χ0v) is 17.9. The number of carbonyl (C=O) groups excluding carboxylic acids is 1. The monoisotopic (exact) mass is 467 g/mol. The van der Waals surface area contributed by atoms with Crippen molar-refractivity contribution in [3.05, 3.63) is 59.7 Å². The molecule has 170 valence electrons. The van der Waals surface area contributed by atoms with Crippen molar-refractivity contribution in [2.24, 2.45) is 4.40 Å². The third-order valence-corrected chi connectivity index (χ3v) is 6.73. The van der Waals surface area contributed by atoms with E-state index in [4.69, 9.17) is 0 Å². The van der Waals surface area contributed by atoms with Gasteiger partial charge in [-0.15, -0.1) is 17.6 Å². The zero-order valence-electron chi connectivity index (χ0n) is 17.0. The van der Waals surface area contributed by atoms with Crippen molar-refractivity contribution in [1.82, 2.24) is 9.80 Å². The second kappa shape index (κ2) is 8.12. The van der Waals surface area contributed by atoms with Crippen LogP contribution in [-0.2, 0) is 21.4 Å². The number of fused-ring (bicyclic) bond motifs is 1. The van der Waals surface area contributed by atoms with E-state index in [-0.39, 0.29) is 34.5 Å². The summed E-state index contributed by atoms with van der Waals surface area (Å²) >= 11 is 0. The molecule has 1 amide bonds. The molecule has 0 aliphatic carbocycles. The summed E-state index contributed by atoms with van der Waals surface area (Å²) in [6, 6.07) is 11.4. The number of likely N-dealkylation sites (N-methyl/N-ethyl adjacent to an activating group) is 1. The summed E-state index contributed by atoms with van der Waals surface area (Å²) in [5.41, 5.74) is 0.648. The van der Waals surface area contributed by atoms with Gasteiger partial charge in [0.25, 0.3) is 10.0 Å². The van der Waals surface area contributed by atoms with E-state index in [2.05, 4.69) is 9.13 Å². The van der Waals surface area contributed by atoms with Crippen LogP contribution in [0.5, 0.6) is 5.75 Å². The van der Waals surface area contributed by atoms with E-state index in [1.54, 1.807) is 29.2 Å². The average Bonchev–Trinajstić information content (AvgIpc) is 3.30. The van der Waals surface area contributed by atoms with Crippen molar-refractivity contribution >= 4 is 21.8 Å². The number of amidine groups is 1. The summed E-state index contributed by atoms with van der Waals surface area (Å²) in [5, 5.41) is 0. The van der Waals surface area contributed by atoms with Crippen LogP contribution in [0.2, 0.25) is 0 Å². The van der Waals surface area contributed by atoms with Crippen LogP contribution >= 0.6 is 0 Å². The summed E-state index contributed by atoms with van der Waals surface area (Å²) in [7, 11) is -2.34. The zero-order chi connectivity index (χ0) is 23.1. The molecule has 0 N–H and O–H groups in total. The molecule has 0 aromatic heterocycles. The second-order valence-corrected chi connectivity index (χ2v) is 9.16. The maximum atomic E-state index is 13.2. The Hall–Kier alpha value is -3.08. The molecule has 11 heteroatoms. The van der Waals surface area contributed by atoms with Crippen LogP contribution in [0.1, 0.15) is 24.0 Å². The average molecular weight is 467 g/mol. The normalized spacial score (nSPS) is 19.4. The fourth-order valence-corrected chi connectivity index (χ4v) is 5.24. The Morgan fingerprint density at radius 3 is 2.62 bits per heavy atom. The van der Waals surface area contributed by atoms with Crippen LogP contribution in [0.4, 0.5) is 13.2 Å².